The predicted octanol–water partition coefficient (Wildman–Crippen LogP) is 0.508. The second-order valence-electron chi connectivity index (χ2n) is 6.25. The van der Waals surface area contributed by atoms with Crippen LogP contribution in [0.2, 0.25) is 0 Å². The van der Waals surface area contributed by atoms with E-state index in [0.29, 0.717) is 12.8 Å². The number of nitrogens with zero attached hydrogens (tertiary/aromatic N) is 2. The summed E-state index contributed by atoms with van der Waals surface area (Å²) in [5.74, 6) is 0.979. The van der Waals surface area contributed by atoms with E-state index in [1.807, 2.05) is 29.2 Å². The van der Waals surface area contributed by atoms with Gasteiger partial charge in [-0.2, -0.15) is 4.31 Å². The fourth-order valence-electron chi connectivity index (χ4n) is 3.26. The molecule has 1 aromatic carbocycles. The van der Waals surface area contributed by atoms with Crippen molar-refractivity contribution < 1.29 is 8.42 Å². The number of nitrogens with one attached hydrogen (secondary N) is 3. The fourth-order valence-corrected chi connectivity index (χ4v) is 4.73. The second-order valence-corrected chi connectivity index (χ2v) is 8.16. The number of hydrogen-bond acceptors (Lipinski definition) is 5. The third-order valence-electron chi connectivity index (χ3n) is 4.65. The molecule has 3 aromatic rings. The van der Waals surface area contributed by atoms with Crippen LogP contribution in [0.4, 0.5) is 0 Å². The summed E-state index contributed by atoms with van der Waals surface area (Å²) in [6.45, 7) is 0.561. The molecule has 0 radical (unpaired) electrons. The first kappa shape index (κ1) is 16.7. The molecular weight excluding hydrogens is 358 g/mol. The van der Waals surface area contributed by atoms with E-state index in [2.05, 4.69) is 15.0 Å². The van der Waals surface area contributed by atoms with E-state index in [1.165, 1.54) is 4.31 Å². The lowest BCUT2D eigenvalue weighted by Crippen LogP contribution is -2.41. The molecule has 3 N–H and O–H groups in total. The maximum atomic E-state index is 12.7. The Bertz CT molecular complexity index is 1140. The highest BCUT2D eigenvalue weighted by molar-refractivity contribution is 7.89. The number of imidazole rings is 1. The van der Waals surface area contributed by atoms with Gasteiger partial charge in [-0.05, 0) is 25.0 Å². The van der Waals surface area contributed by atoms with Crippen LogP contribution < -0.4 is 11.2 Å². The summed E-state index contributed by atoms with van der Waals surface area (Å²) >= 11 is 0. The molecule has 4 rings (SSSR count). The van der Waals surface area contributed by atoms with Gasteiger partial charge in [0, 0.05) is 25.2 Å². The maximum Gasteiger partial charge on any atom is 0.325 e. The largest absolute Gasteiger partial charge is 0.342 e. The summed E-state index contributed by atoms with van der Waals surface area (Å²) in [5, 5.41) is 0. The van der Waals surface area contributed by atoms with Gasteiger partial charge in [0.05, 0.1) is 11.0 Å². The van der Waals surface area contributed by atoms with E-state index in [0.717, 1.165) is 23.1 Å². The van der Waals surface area contributed by atoms with E-state index in [4.69, 9.17) is 0 Å². The van der Waals surface area contributed by atoms with Gasteiger partial charge in [0.1, 0.15) is 5.82 Å². The Kier molecular flexibility index (Phi) is 4.00. The van der Waals surface area contributed by atoms with E-state index in [9.17, 15) is 18.0 Å². The van der Waals surface area contributed by atoms with Crippen molar-refractivity contribution in [1.29, 1.82) is 0 Å². The Hall–Kier alpha value is -2.72. The van der Waals surface area contributed by atoms with Crippen molar-refractivity contribution in [3.05, 3.63) is 57.1 Å². The molecule has 26 heavy (non-hydrogen) atoms. The number of aromatic nitrogens is 4. The van der Waals surface area contributed by atoms with Crippen LogP contribution >= 0.6 is 0 Å². The second kappa shape index (κ2) is 6.22. The van der Waals surface area contributed by atoms with Crippen molar-refractivity contribution in [3.8, 4) is 0 Å². The molecular formula is C16H17N5O4S. The van der Waals surface area contributed by atoms with Gasteiger partial charge in [-0.15, -0.1) is 0 Å². The van der Waals surface area contributed by atoms with Gasteiger partial charge < -0.3 is 9.97 Å². The Balaban J connectivity index is 1.54. The first-order valence-corrected chi connectivity index (χ1v) is 9.66. The molecule has 0 saturated carbocycles. The zero-order valence-corrected chi connectivity index (χ0v) is 14.5. The highest BCUT2D eigenvalue weighted by atomic mass is 32.2. The summed E-state index contributed by atoms with van der Waals surface area (Å²) in [7, 11) is -3.95. The molecule has 10 heteroatoms. The average molecular weight is 375 g/mol. The minimum absolute atomic E-state index is 0.128. The number of aromatic amines is 3. The number of piperidine rings is 1. The lowest BCUT2D eigenvalue weighted by Gasteiger charge is -2.29. The van der Waals surface area contributed by atoms with Crippen molar-refractivity contribution in [3.63, 3.8) is 0 Å². The molecule has 0 atom stereocenters. The minimum Gasteiger partial charge on any atom is -0.342 e. The van der Waals surface area contributed by atoms with Crippen molar-refractivity contribution >= 4 is 21.1 Å². The topological polar surface area (TPSA) is 132 Å². The fraction of sp³-hybridized carbons (Fsp3) is 0.312. The van der Waals surface area contributed by atoms with Crippen LogP contribution in [-0.4, -0.2) is 45.7 Å². The molecule has 1 aliphatic heterocycles. The smallest absolute Gasteiger partial charge is 0.325 e. The molecule has 1 saturated heterocycles. The van der Waals surface area contributed by atoms with E-state index in [-0.39, 0.29) is 19.0 Å². The average Bonchev–Trinajstić information content (AvgIpc) is 3.05. The molecule has 0 bridgehead atoms. The summed E-state index contributed by atoms with van der Waals surface area (Å²) < 4.78 is 26.6. The van der Waals surface area contributed by atoms with Gasteiger partial charge >= 0.3 is 5.69 Å². The molecule has 1 aliphatic rings. The molecule has 136 valence electrons. The SMILES string of the molecule is O=c1[nH]cc(S(=O)(=O)N2CCC(c3nc4ccccc4[nH]3)CC2)c(=O)[nH]1. The van der Waals surface area contributed by atoms with Gasteiger partial charge in [-0.1, -0.05) is 12.1 Å². The first-order valence-electron chi connectivity index (χ1n) is 8.22. The van der Waals surface area contributed by atoms with E-state index in [1.54, 1.807) is 0 Å². The lowest BCUT2D eigenvalue weighted by atomic mass is 9.97. The molecule has 1 fully saturated rings. The van der Waals surface area contributed by atoms with Crippen molar-refractivity contribution in [2.45, 2.75) is 23.7 Å². The number of benzene rings is 1. The van der Waals surface area contributed by atoms with Crippen LogP contribution in [0.25, 0.3) is 11.0 Å². The number of rotatable bonds is 3. The Morgan fingerprint density at radius 1 is 1.08 bits per heavy atom. The zero-order chi connectivity index (χ0) is 18.3. The van der Waals surface area contributed by atoms with Crippen LogP contribution in [0.3, 0.4) is 0 Å². The molecule has 3 heterocycles. The van der Waals surface area contributed by atoms with Crippen LogP contribution in [0.15, 0.2) is 44.9 Å². The van der Waals surface area contributed by atoms with E-state index >= 15 is 0 Å². The van der Waals surface area contributed by atoms with Gasteiger partial charge in [0.2, 0.25) is 10.0 Å². The zero-order valence-electron chi connectivity index (χ0n) is 13.7. The van der Waals surface area contributed by atoms with Crippen LogP contribution in [-0.2, 0) is 10.0 Å². The summed E-state index contributed by atoms with van der Waals surface area (Å²) in [4.78, 5) is 34.5. The predicted molar refractivity (Wildman–Crippen MR) is 94.5 cm³/mol. The summed E-state index contributed by atoms with van der Waals surface area (Å²) in [5.41, 5.74) is 0.195. The first-order chi connectivity index (χ1) is 12.4. The van der Waals surface area contributed by atoms with Crippen LogP contribution in [0.1, 0.15) is 24.6 Å². The Morgan fingerprint density at radius 3 is 2.50 bits per heavy atom. The highest BCUT2D eigenvalue weighted by Crippen LogP contribution is 2.29. The number of sulfonamides is 1. The number of para-hydroxylation sites is 2. The molecule has 2 aromatic heterocycles. The molecule has 0 unspecified atom stereocenters. The maximum absolute atomic E-state index is 12.7. The summed E-state index contributed by atoms with van der Waals surface area (Å²) in [6, 6.07) is 7.73. The third-order valence-corrected chi connectivity index (χ3v) is 6.56. The number of H-pyrrole nitrogens is 3. The lowest BCUT2D eigenvalue weighted by molar-refractivity contribution is 0.314. The van der Waals surface area contributed by atoms with Gasteiger partial charge in [0.25, 0.3) is 5.56 Å². The molecule has 9 nitrogen and oxygen atoms in total. The van der Waals surface area contributed by atoms with Crippen molar-refractivity contribution in [1.82, 2.24) is 24.2 Å². The van der Waals surface area contributed by atoms with Crippen LogP contribution in [0.5, 0.6) is 0 Å². The van der Waals surface area contributed by atoms with Crippen LogP contribution in [0, 0.1) is 0 Å². The third kappa shape index (κ3) is 2.86. The molecule has 0 amide bonds. The quantitative estimate of drug-likeness (QED) is 0.614. The normalized spacial score (nSPS) is 16.9. The molecule has 0 aliphatic carbocycles. The van der Waals surface area contributed by atoms with Gasteiger partial charge in [-0.3, -0.25) is 9.78 Å². The number of fused-ring (bicyclic) bond motifs is 1. The minimum atomic E-state index is -3.95. The summed E-state index contributed by atoms with van der Waals surface area (Å²) in [6.07, 6.45) is 2.14. The van der Waals surface area contributed by atoms with Crippen molar-refractivity contribution in [2.24, 2.45) is 0 Å². The highest BCUT2D eigenvalue weighted by Gasteiger charge is 2.32. The van der Waals surface area contributed by atoms with Gasteiger partial charge in [0.15, 0.2) is 4.90 Å². The molecule has 0 spiro atoms. The van der Waals surface area contributed by atoms with Crippen molar-refractivity contribution in [2.75, 3.05) is 13.1 Å². The number of hydrogen-bond donors (Lipinski definition) is 3. The van der Waals surface area contributed by atoms with E-state index < -0.39 is 26.2 Å². The Labute approximate surface area is 148 Å². The monoisotopic (exact) mass is 375 g/mol. The Morgan fingerprint density at radius 2 is 1.81 bits per heavy atom. The van der Waals surface area contributed by atoms with Gasteiger partial charge in [-0.25, -0.2) is 18.2 Å². The standard InChI is InChI=1S/C16H17N5O4S/c22-15-13(9-17-16(23)20-15)26(24,25)21-7-5-10(6-8-21)14-18-11-3-1-2-4-12(11)19-14/h1-4,9-10H,5-8H2,(H,18,19)(H2,17,20,22,23).